The second kappa shape index (κ2) is 7.69. The minimum absolute atomic E-state index is 0.373. The van der Waals surface area contributed by atoms with Crippen LogP contribution in [0, 0.1) is 11.3 Å². The first-order valence-electron chi connectivity index (χ1n) is 7.87. The topological polar surface area (TPSA) is 92.5 Å². The van der Waals surface area contributed by atoms with Gasteiger partial charge >= 0.3 is 0 Å². The average molecular weight is 353 g/mol. The van der Waals surface area contributed by atoms with Gasteiger partial charge < -0.3 is 11.1 Å². The minimum atomic E-state index is 0.373. The molecule has 0 atom stereocenters. The van der Waals surface area contributed by atoms with Gasteiger partial charge in [-0.05, 0) is 37.1 Å². The van der Waals surface area contributed by atoms with Crippen molar-refractivity contribution in [2.45, 2.75) is 12.8 Å². The number of hydrogen-bond acceptors (Lipinski definition) is 5. The lowest BCUT2D eigenvalue weighted by atomic mass is 10.1. The number of benzene rings is 1. The summed E-state index contributed by atoms with van der Waals surface area (Å²) in [4.78, 5) is 3.94. The van der Waals surface area contributed by atoms with E-state index in [0.717, 1.165) is 24.3 Å². The van der Waals surface area contributed by atoms with Gasteiger partial charge in [-0.25, -0.2) is 9.67 Å². The number of pyridine rings is 1. The Balaban J connectivity index is 1.67. The van der Waals surface area contributed by atoms with Gasteiger partial charge in [-0.2, -0.15) is 10.4 Å². The zero-order chi connectivity index (χ0) is 17.6. The van der Waals surface area contributed by atoms with Gasteiger partial charge in [0.1, 0.15) is 22.6 Å². The van der Waals surface area contributed by atoms with Crippen molar-refractivity contribution < 1.29 is 0 Å². The Hall–Kier alpha value is -3.04. The highest BCUT2D eigenvalue weighted by Crippen LogP contribution is 2.21. The third kappa shape index (κ3) is 3.90. The molecular weight excluding hydrogens is 336 g/mol. The third-order valence-corrected chi connectivity index (χ3v) is 3.96. The fourth-order valence-corrected chi connectivity index (χ4v) is 2.72. The predicted molar refractivity (Wildman–Crippen MR) is 98.7 cm³/mol. The Morgan fingerprint density at radius 2 is 2.04 bits per heavy atom. The predicted octanol–water partition coefficient (Wildman–Crippen LogP) is 3.42. The van der Waals surface area contributed by atoms with Crippen LogP contribution in [0.3, 0.4) is 0 Å². The van der Waals surface area contributed by atoms with Crippen molar-refractivity contribution >= 4 is 23.1 Å². The van der Waals surface area contributed by atoms with Crippen molar-refractivity contribution in [3.8, 4) is 11.8 Å². The monoisotopic (exact) mass is 352 g/mol. The smallest absolute Gasteiger partial charge is 0.145 e. The number of nitrogens with one attached hydrogen (secondary N) is 1. The first-order chi connectivity index (χ1) is 12.2. The first-order valence-corrected chi connectivity index (χ1v) is 8.25. The molecule has 7 heteroatoms. The van der Waals surface area contributed by atoms with Gasteiger partial charge in [0.2, 0.25) is 0 Å². The van der Waals surface area contributed by atoms with Gasteiger partial charge in [-0.15, -0.1) is 0 Å². The van der Waals surface area contributed by atoms with E-state index in [1.807, 2.05) is 36.4 Å². The van der Waals surface area contributed by atoms with Crippen LogP contribution in [0.5, 0.6) is 0 Å². The molecule has 0 aliphatic rings. The molecule has 6 nitrogen and oxygen atoms in total. The van der Waals surface area contributed by atoms with E-state index >= 15 is 0 Å². The number of rotatable bonds is 6. The van der Waals surface area contributed by atoms with E-state index in [9.17, 15) is 5.26 Å². The molecule has 2 heterocycles. The summed E-state index contributed by atoms with van der Waals surface area (Å²) >= 11 is 5.86. The molecule has 0 saturated carbocycles. The zero-order valence-electron chi connectivity index (χ0n) is 13.5. The molecule has 0 fully saturated rings. The van der Waals surface area contributed by atoms with Crippen molar-refractivity contribution in [2.24, 2.45) is 0 Å². The minimum Gasteiger partial charge on any atom is -0.385 e. The van der Waals surface area contributed by atoms with E-state index < -0.39 is 0 Å². The standard InChI is InChI=1S/C18H17ClN6/c19-17-11-13(8-10-23-17)22-9-4-7-16-15(12-20)18(21)25(24-16)14-5-2-1-3-6-14/h1-3,5-6,8,10-11H,4,7,9,21H2,(H,22,23). The van der Waals surface area contributed by atoms with Gasteiger partial charge in [-0.1, -0.05) is 29.8 Å². The van der Waals surface area contributed by atoms with E-state index in [1.54, 1.807) is 16.9 Å². The maximum atomic E-state index is 9.40. The molecule has 3 N–H and O–H groups in total. The summed E-state index contributed by atoms with van der Waals surface area (Å²) in [5.74, 6) is 0.373. The SMILES string of the molecule is N#Cc1c(CCCNc2ccnc(Cl)c2)nn(-c2ccccc2)c1N. The molecule has 1 aromatic carbocycles. The van der Waals surface area contributed by atoms with Crippen molar-refractivity contribution in [1.82, 2.24) is 14.8 Å². The summed E-state index contributed by atoms with van der Waals surface area (Å²) in [6.45, 7) is 0.726. The fraction of sp³-hybridized carbons (Fsp3) is 0.167. The van der Waals surface area contributed by atoms with Crippen molar-refractivity contribution in [2.75, 3.05) is 17.6 Å². The Morgan fingerprint density at radius 3 is 2.76 bits per heavy atom. The first kappa shape index (κ1) is 16.8. The van der Waals surface area contributed by atoms with Gasteiger partial charge in [-0.3, -0.25) is 0 Å². The molecular formula is C18H17ClN6. The van der Waals surface area contributed by atoms with Crippen LogP contribution >= 0.6 is 11.6 Å². The summed E-state index contributed by atoms with van der Waals surface area (Å²) in [6, 6.07) is 15.3. The van der Waals surface area contributed by atoms with E-state index in [0.29, 0.717) is 28.6 Å². The summed E-state index contributed by atoms with van der Waals surface area (Å²) in [5.41, 5.74) is 9.00. The highest BCUT2D eigenvalue weighted by molar-refractivity contribution is 6.29. The molecule has 3 rings (SSSR count). The molecule has 0 amide bonds. The van der Waals surface area contributed by atoms with Gasteiger partial charge in [0.05, 0.1) is 11.4 Å². The number of nitrogens with zero attached hydrogens (tertiary/aromatic N) is 4. The van der Waals surface area contributed by atoms with Crippen LogP contribution in [-0.2, 0) is 6.42 Å². The van der Waals surface area contributed by atoms with Gasteiger partial charge in [0, 0.05) is 18.4 Å². The van der Waals surface area contributed by atoms with E-state index in [2.05, 4.69) is 21.5 Å². The molecule has 25 heavy (non-hydrogen) atoms. The summed E-state index contributed by atoms with van der Waals surface area (Å²) in [5, 5.41) is 17.6. The maximum absolute atomic E-state index is 9.40. The molecule has 3 aromatic rings. The number of aryl methyl sites for hydroxylation is 1. The fourth-order valence-electron chi connectivity index (χ4n) is 2.54. The van der Waals surface area contributed by atoms with Crippen LogP contribution in [0.15, 0.2) is 48.7 Å². The second-order valence-electron chi connectivity index (χ2n) is 5.46. The average Bonchev–Trinajstić information content (AvgIpc) is 2.95. The summed E-state index contributed by atoms with van der Waals surface area (Å²) in [6.07, 6.45) is 3.11. The third-order valence-electron chi connectivity index (χ3n) is 3.75. The maximum Gasteiger partial charge on any atom is 0.145 e. The lowest BCUT2D eigenvalue weighted by Gasteiger charge is -2.05. The van der Waals surface area contributed by atoms with E-state index in [1.165, 1.54) is 0 Å². The van der Waals surface area contributed by atoms with Gasteiger partial charge in [0.15, 0.2) is 0 Å². The van der Waals surface area contributed by atoms with Gasteiger partial charge in [0.25, 0.3) is 0 Å². The number of anilines is 2. The largest absolute Gasteiger partial charge is 0.385 e. The quantitative estimate of drug-likeness (QED) is 0.523. The lowest BCUT2D eigenvalue weighted by Crippen LogP contribution is -2.04. The Labute approximate surface area is 150 Å². The zero-order valence-corrected chi connectivity index (χ0v) is 14.2. The molecule has 0 aliphatic heterocycles. The normalized spacial score (nSPS) is 10.4. The molecule has 0 radical (unpaired) electrons. The molecule has 0 unspecified atom stereocenters. The number of nitrogens with two attached hydrogens (primary N) is 1. The Morgan fingerprint density at radius 1 is 1.24 bits per heavy atom. The Bertz CT molecular complexity index is 898. The van der Waals surface area contributed by atoms with Crippen LogP contribution < -0.4 is 11.1 Å². The van der Waals surface area contributed by atoms with Crippen LogP contribution in [-0.4, -0.2) is 21.3 Å². The molecule has 2 aromatic heterocycles. The van der Waals surface area contributed by atoms with E-state index in [4.69, 9.17) is 17.3 Å². The van der Waals surface area contributed by atoms with Crippen molar-refractivity contribution in [3.05, 3.63) is 65.1 Å². The number of hydrogen-bond donors (Lipinski definition) is 2. The Kier molecular flexibility index (Phi) is 5.17. The molecule has 0 spiro atoms. The van der Waals surface area contributed by atoms with Crippen LogP contribution in [0.25, 0.3) is 5.69 Å². The molecule has 126 valence electrons. The number of nitriles is 1. The number of para-hydroxylation sites is 1. The number of nitrogen functional groups attached to an aromatic ring is 1. The highest BCUT2D eigenvalue weighted by atomic mass is 35.5. The van der Waals surface area contributed by atoms with Crippen LogP contribution in [0.2, 0.25) is 5.15 Å². The number of aromatic nitrogens is 3. The second-order valence-corrected chi connectivity index (χ2v) is 5.85. The van der Waals surface area contributed by atoms with Crippen molar-refractivity contribution in [3.63, 3.8) is 0 Å². The molecule has 0 saturated heterocycles. The van der Waals surface area contributed by atoms with Crippen molar-refractivity contribution in [1.29, 1.82) is 5.26 Å². The number of halogens is 1. The van der Waals surface area contributed by atoms with Crippen LogP contribution in [0.1, 0.15) is 17.7 Å². The lowest BCUT2D eigenvalue weighted by molar-refractivity contribution is 0.790. The highest BCUT2D eigenvalue weighted by Gasteiger charge is 2.15. The summed E-state index contributed by atoms with van der Waals surface area (Å²) in [7, 11) is 0. The molecule has 0 bridgehead atoms. The van der Waals surface area contributed by atoms with E-state index in [-0.39, 0.29) is 0 Å². The van der Waals surface area contributed by atoms with Crippen LogP contribution in [0.4, 0.5) is 11.5 Å². The molecule has 0 aliphatic carbocycles. The summed E-state index contributed by atoms with van der Waals surface area (Å²) < 4.78 is 1.62.